The number of likely N-dealkylation sites (tertiary alicyclic amines) is 1. The van der Waals surface area contributed by atoms with E-state index in [0.29, 0.717) is 18.7 Å². The third-order valence-electron chi connectivity index (χ3n) is 4.74. The van der Waals surface area contributed by atoms with E-state index in [9.17, 15) is 9.90 Å². The molecule has 6 nitrogen and oxygen atoms in total. The van der Waals surface area contributed by atoms with E-state index in [-0.39, 0.29) is 19.1 Å². The molecule has 1 aromatic carbocycles. The number of hydrogen-bond acceptors (Lipinski definition) is 4. The van der Waals surface area contributed by atoms with Crippen LogP contribution in [0.15, 0.2) is 36.5 Å². The minimum atomic E-state index is -1.04. The second kappa shape index (κ2) is 7.91. The van der Waals surface area contributed by atoms with Crippen molar-refractivity contribution in [1.29, 1.82) is 0 Å². The maximum Gasteiger partial charge on any atom is 0.274 e. The average Bonchev–Trinajstić information content (AvgIpc) is 3.09. The molecular formula is C20H27N3O3. The lowest BCUT2D eigenvalue weighted by atomic mass is 9.93. The Kier molecular flexibility index (Phi) is 5.61. The molecule has 1 fully saturated rings. The first-order chi connectivity index (χ1) is 12.5. The zero-order valence-corrected chi connectivity index (χ0v) is 15.5. The first-order valence-corrected chi connectivity index (χ1v) is 9.24. The van der Waals surface area contributed by atoms with Crippen molar-refractivity contribution in [2.75, 3.05) is 19.7 Å². The number of aliphatic hydroxyl groups is 1. The Morgan fingerprint density at radius 3 is 2.92 bits per heavy atom. The summed E-state index contributed by atoms with van der Waals surface area (Å²) in [6.45, 7) is 5.91. The fraction of sp³-hybridized carbons (Fsp3) is 0.500. The molecule has 0 unspecified atom stereocenters. The highest BCUT2D eigenvalue weighted by atomic mass is 16.5. The third kappa shape index (κ3) is 4.25. The van der Waals surface area contributed by atoms with Gasteiger partial charge < -0.3 is 14.7 Å². The Bertz CT molecular complexity index is 758. The number of ether oxygens (including phenoxy) is 1. The van der Waals surface area contributed by atoms with Crippen molar-refractivity contribution in [1.82, 2.24) is 14.7 Å². The van der Waals surface area contributed by atoms with Gasteiger partial charge in [0.2, 0.25) is 0 Å². The molecule has 26 heavy (non-hydrogen) atoms. The molecule has 1 aromatic heterocycles. The Balaban J connectivity index is 1.63. The van der Waals surface area contributed by atoms with E-state index in [1.54, 1.807) is 15.6 Å². The Morgan fingerprint density at radius 1 is 1.35 bits per heavy atom. The molecule has 1 saturated heterocycles. The second-order valence-corrected chi connectivity index (χ2v) is 7.07. The molecule has 1 atom stereocenters. The van der Waals surface area contributed by atoms with Gasteiger partial charge in [0.15, 0.2) is 0 Å². The van der Waals surface area contributed by atoms with E-state index in [2.05, 4.69) is 12.0 Å². The number of nitrogens with zero attached hydrogens (tertiary/aromatic N) is 3. The topological polar surface area (TPSA) is 67.6 Å². The first-order valence-electron chi connectivity index (χ1n) is 9.24. The predicted octanol–water partition coefficient (Wildman–Crippen LogP) is 2.65. The first kappa shape index (κ1) is 18.5. The van der Waals surface area contributed by atoms with E-state index in [1.807, 2.05) is 37.4 Å². The van der Waals surface area contributed by atoms with Gasteiger partial charge in [0.25, 0.3) is 5.91 Å². The van der Waals surface area contributed by atoms with Gasteiger partial charge in [0, 0.05) is 19.3 Å². The molecule has 0 spiro atoms. The number of hydrogen-bond donors (Lipinski definition) is 1. The van der Waals surface area contributed by atoms with Crippen molar-refractivity contribution in [3.05, 3.63) is 47.8 Å². The zero-order chi connectivity index (χ0) is 18.6. The van der Waals surface area contributed by atoms with Crippen LogP contribution in [0.25, 0.3) is 0 Å². The van der Waals surface area contributed by atoms with Gasteiger partial charge in [0.05, 0.1) is 6.54 Å². The van der Waals surface area contributed by atoms with Crippen LogP contribution in [0.3, 0.4) is 0 Å². The fourth-order valence-corrected chi connectivity index (χ4v) is 3.33. The van der Waals surface area contributed by atoms with Crippen LogP contribution in [0.4, 0.5) is 0 Å². The lowest BCUT2D eigenvalue weighted by Crippen LogP contribution is -2.53. The predicted molar refractivity (Wildman–Crippen MR) is 99.3 cm³/mol. The van der Waals surface area contributed by atoms with E-state index in [4.69, 9.17) is 4.74 Å². The van der Waals surface area contributed by atoms with Crippen molar-refractivity contribution in [3.8, 4) is 5.75 Å². The summed E-state index contributed by atoms with van der Waals surface area (Å²) in [5.74, 6) is 0.636. The number of piperidine rings is 1. The second-order valence-electron chi connectivity index (χ2n) is 7.07. The van der Waals surface area contributed by atoms with Crippen LogP contribution in [0, 0.1) is 6.92 Å². The molecular weight excluding hydrogens is 330 g/mol. The van der Waals surface area contributed by atoms with Crippen molar-refractivity contribution >= 4 is 5.91 Å². The minimum Gasteiger partial charge on any atom is -0.490 e. The van der Waals surface area contributed by atoms with Crippen molar-refractivity contribution in [3.63, 3.8) is 0 Å². The van der Waals surface area contributed by atoms with Crippen LogP contribution in [0.5, 0.6) is 5.75 Å². The summed E-state index contributed by atoms with van der Waals surface area (Å²) in [6, 6.07) is 9.48. The van der Waals surface area contributed by atoms with Gasteiger partial charge in [0.1, 0.15) is 23.7 Å². The molecule has 0 radical (unpaired) electrons. The van der Waals surface area contributed by atoms with Crippen LogP contribution >= 0.6 is 0 Å². The van der Waals surface area contributed by atoms with E-state index >= 15 is 0 Å². The number of benzene rings is 1. The average molecular weight is 357 g/mol. The van der Waals surface area contributed by atoms with Crippen LogP contribution in [-0.4, -0.2) is 51.0 Å². The molecule has 2 aromatic rings. The molecule has 0 aliphatic carbocycles. The smallest absolute Gasteiger partial charge is 0.274 e. The molecule has 1 aliphatic heterocycles. The summed E-state index contributed by atoms with van der Waals surface area (Å²) in [7, 11) is 0. The fourth-order valence-electron chi connectivity index (χ4n) is 3.33. The van der Waals surface area contributed by atoms with Crippen LogP contribution in [0.2, 0.25) is 0 Å². The van der Waals surface area contributed by atoms with E-state index in [1.165, 1.54) is 0 Å². The van der Waals surface area contributed by atoms with Gasteiger partial charge in [-0.2, -0.15) is 5.10 Å². The largest absolute Gasteiger partial charge is 0.490 e. The number of rotatable bonds is 6. The number of para-hydroxylation sites is 1. The monoisotopic (exact) mass is 357 g/mol. The number of aromatic nitrogens is 2. The molecule has 6 heteroatoms. The summed E-state index contributed by atoms with van der Waals surface area (Å²) < 4.78 is 7.62. The summed E-state index contributed by atoms with van der Waals surface area (Å²) in [4.78, 5) is 14.4. The Labute approximate surface area is 154 Å². The van der Waals surface area contributed by atoms with Gasteiger partial charge in [-0.3, -0.25) is 9.48 Å². The number of aryl methyl sites for hydroxylation is 2. The maximum absolute atomic E-state index is 12.7. The summed E-state index contributed by atoms with van der Waals surface area (Å²) in [6.07, 6.45) is 4.16. The Morgan fingerprint density at radius 2 is 2.15 bits per heavy atom. The van der Waals surface area contributed by atoms with Gasteiger partial charge in [-0.15, -0.1) is 0 Å². The van der Waals surface area contributed by atoms with E-state index < -0.39 is 5.60 Å². The van der Waals surface area contributed by atoms with E-state index in [0.717, 1.165) is 30.7 Å². The molecule has 2 heterocycles. The SMILES string of the molecule is CCCn1ccc(C(=O)N2CCC[C@](O)(COc3ccccc3C)C2)n1. The summed E-state index contributed by atoms with van der Waals surface area (Å²) in [5.41, 5.74) is 0.422. The summed E-state index contributed by atoms with van der Waals surface area (Å²) >= 11 is 0. The van der Waals surface area contributed by atoms with Crippen LogP contribution in [0.1, 0.15) is 42.2 Å². The molecule has 3 rings (SSSR count). The molecule has 140 valence electrons. The van der Waals surface area contributed by atoms with Crippen molar-refractivity contribution in [2.45, 2.75) is 45.3 Å². The van der Waals surface area contributed by atoms with Gasteiger partial charge in [-0.1, -0.05) is 25.1 Å². The highest BCUT2D eigenvalue weighted by Crippen LogP contribution is 2.25. The lowest BCUT2D eigenvalue weighted by molar-refractivity contribution is -0.0534. The zero-order valence-electron chi connectivity index (χ0n) is 15.5. The molecule has 0 saturated carbocycles. The van der Waals surface area contributed by atoms with Gasteiger partial charge >= 0.3 is 0 Å². The number of amides is 1. The number of carbonyl (C=O) groups is 1. The standard InChI is InChI=1S/C20H27N3O3/c1-3-11-23-13-9-17(21-23)19(24)22-12-6-10-20(25,14-22)15-26-18-8-5-4-7-16(18)2/h4-5,7-9,13,25H,3,6,10-12,14-15H2,1-2H3/t20-/m1/s1. The number of carbonyl (C=O) groups excluding carboxylic acids is 1. The van der Waals surface area contributed by atoms with Gasteiger partial charge in [-0.05, 0) is 43.9 Å². The lowest BCUT2D eigenvalue weighted by Gasteiger charge is -2.38. The van der Waals surface area contributed by atoms with Crippen LogP contribution < -0.4 is 4.74 Å². The normalized spacial score (nSPS) is 20.2. The summed E-state index contributed by atoms with van der Waals surface area (Å²) in [5, 5.41) is 15.3. The molecule has 1 aliphatic rings. The highest BCUT2D eigenvalue weighted by molar-refractivity contribution is 5.92. The highest BCUT2D eigenvalue weighted by Gasteiger charge is 2.37. The van der Waals surface area contributed by atoms with Crippen LogP contribution in [-0.2, 0) is 6.54 Å². The molecule has 1 N–H and O–H groups in total. The molecule has 1 amide bonds. The minimum absolute atomic E-state index is 0.131. The number of β-amino-alcohol motifs (C(OH)–C–C–N with tert-alkyl or cyclic N) is 1. The van der Waals surface area contributed by atoms with Gasteiger partial charge in [-0.25, -0.2) is 0 Å². The third-order valence-corrected chi connectivity index (χ3v) is 4.74. The van der Waals surface area contributed by atoms with Crippen molar-refractivity contribution < 1.29 is 14.6 Å². The maximum atomic E-state index is 12.7. The Hall–Kier alpha value is -2.34. The quantitative estimate of drug-likeness (QED) is 0.863. The molecule has 0 bridgehead atoms. The van der Waals surface area contributed by atoms with Crippen molar-refractivity contribution in [2.24, 2.45) is 0 Å².